The third-order valence-electron chi connectivity index (χ3n) is 3.46. The summed E-state index contributed by atoms with van der Waals surface area (Å²) in [6, 6.07) is 20.1. The fourth-order valence-electron chi connectivity index (χ4n) is 2.32. The van der Waals surface area contributed by atoms with Crippen LogP contribution >= 0.6 is 11.3 Å². The average molecular weight is 296 g/mol. The van der Waals surface area contributed by atoms with E-state index < -0.39 is 6.10 Å². The Hall–Kier alpha value is -2.10. The third-order valence-corrected chi connectivity index (χ3v) is 4.41. The standard InChI is InChI=1S/C18H16O2S/c1-20-16-11-12-21-18(16)17(19)15-9-7-14(8-10-15)13-5-3-2-4-6-13/h2-12,17,19H,1H3. The zero-order valence-corrected chi connectivity index (χ0v) is 12.5. The Balaban J connectivity index is 1.87. The van der Waals surface area contributed by atoms with Crippen molar-refractivity contribution in [2.75, 3.05) is 7.11 Å². The Morgan fingerprint density at radius 3 is 2.24 bits per heavy atom. The molecule has 3 aromatic rings. The summed E-state index contributed by atoms with van der Waals surface area (Å²) >= 11 is 1.50. The molecule has 3 heteroatoms. The van der Waals surface area contributed by atoms with Gasteiger partial charge in [0.05, 0.1) is 12.0 Å². The number of aliphatic hydroxyl groups excluding tert-OH is 1. The van der Waals surface area contributed by atoms with Crippen LogP contribution in [0.1, 0.15) is 16.5 Å². The van der Waals surface area contributed by atoms with E-state index in [1.54, 1.807) is 7.11 Å². The molecule has 1 heterocycles. The molecule has 1 unspecified atom stereocenters. The normalized spacial score (nSPS) is 12.1. The van der Waals surface area contributed by atoms with Crippen molar-refractivity contribution in [2.24, 2.45) is 0 Å². The molecule has 0 radical (unpaired) electrons. The van der Waals surface area contributed by atoms with Gasteiger partial charge >= 0.3 is 0 Å². The molecule has 1 atom stereocenters. The van der Waals surface area contributed by atoms with Gasteiger partial charge in [0.2, 0.25) is 0 Å². The number of benzene rings is 2. The van der Waals surface area contributed by atoms with Crippen LogP contribution in [0.25, 0.3) is 11.1 Å². The van der Waals surface area contributed by atoms with Crippen LogP contribution in [0.3, 0.4) is 0 Å². The summed E-state index contributed by atoms with van der Waals surface area (Å²) in [5.41, 5.74) is 3.19. The summed E-state index contributed by atoms with van der Waals surface area (Å²) in [6.07, 6.45) is -0.648. The van der Waals surface area contributed by atoms with Gasteiger partial charge in [0.1, 0.15) is 11.9 Å². The molecule has 1 aromatic heterocycles. The molecule has 0 spiro atoms. The molecule has 0 saturated carbocycles. The second-order valence-corrected chi connectivity index (χ2v) is 5.69. The van der Waals surface area contributed by atoms with E-state index in [0.717, 1.165) is 21.8 Å². The van der Waals surface area contributed by atoms with Gasteiger partial charge in [0.15, 0.2) is 0 Å². The van der Waals surface area contributed by atoms with E-state index in [-0.39, 0.29) is 0 Å². The van der Waals surface area contributed by atoms with Crippen LogP contribution in [0.2, 0.25) is 0 Å². The maximum Gasteiger partial charge on any atom is 0.135 e. The minimum Gasteiger partial charge on any atom is -0.495 e. The van der Waals surface area contributed by atoms with Gasteiger partial charge < -0.3 is 9.84 Å². The van der Waals surface area contributed by atoms with Gasteiger partial charge in [-0.2, -0.15) is 0 Å². The van der Waals surface area contributed by atoms with E-state index in [0.29, 0.717) is 0 Å². The van der Waals surface area contributed by atoms with Crippen molar-refractivity contribution in [3.63, 3.8) is 0 Å². The Bertz CT molecular complexity index is 702. The van der Waals surface area contributed by atoms with Crippen LogP contribution in [-0.2, 0) is 0 Å². The third kappa shape index (κ3) is 2.84. The largest absolute Gasteiger partial charge is 0.495 e. The van der Waals surface area contributed by atoms with E-state index in [9.17, 15) is 5.11 Å². The first-order chi connectivity index (χ1) is 10.3. The minimum atomic E-state index is -0.648. The first-order valence-corrected chi connectivity index (χ1v) is 7.62. The van der Waals surface area contributed by atoms with Crippen molar-refractivity contribution in [1.82, 2.24) is 0 Å². The predicted molar refractivity (Wildman–Crippen MR) is 86.8 cm³/mol. The summed E-state index contributed by atoms with van der Waals surface area (Å²) < 4.78 is 5.27. The summed E-state index contributed by atoms with van der Waals surface area (Å²) in [5.74, 6) is 0.736. The van der Waals surface area contributed by atoms with Crippen LogP contribution in [0.4, 0.5) is 0 Å². The molecule has 0 bridgehead atoms. The topological polar surface area (TPSA) is 29.5 Å². The highest BCUT2D eigenvalue weighted by molar-refractivity contribution is 7.10. The highest BCUT2D eigenvalue weighted by Crippen LogP contribution is 2.35. The summed E-state index contributed by atoms with van der Waals surface area (Å²) in [5, 5.41) is 12.4. The first-order valence-electron chi connectivity index (χ1n) is 6.74. The van der Waals surface area contributed by atoms with Gasteiger partial charge in [0, 0.05) is 0 Å². The molecular weight excluding hydrogens is 280 g/mol. The van der Waals surface area contributed by atoms with Gasteiger partial charge in [-0.3, -0.25) is 0 Å². The monoisotopic (exact) mass is 296 g/mol. The molecule has 1 N–H and O–H groups in total. The van der Waals surface area contributed by atoms with E-state index >= 15 is 0 Å². The molecular formula is C18H16O2S. The van der Waals surface area contributed by atoms with E-state index in [2.05, 4.69) is 12.1 Å². The zero-order chi connectivity index (χ0) is 14.7. The van der Waals surface area contributed by atoms with Gasteiger partial charge in [-0.1, -0.05) is 54.6 Å². The van der Waals surface area contributed by atoms with E-state index in [1.165, 1.54) is 16.9 Å². The highest BCUT2D eigenvalue weighted by Gasteiger charge is 2.16. The fraction of sp³-hybridized carbons (Fsp3) is 0.111. The van der Waals surface area contributed by atoms with Crippen molar-refractivity contribution in [3.8, 4) is 16.9 Å². The average Bonchev–Trinajstić information content (AvgIpc) is 3.04. The van der Waals surface area contributed by atoms with Gasteiger partial charge in [-0.15, -0.1) is 11.3 Å². The van der Waals surface area contributed by atoms with Crippen molar-refractivity contribution in [2.45, 2.75) is 6.10 Å². The summed E-state index contributed by atoms with van der Waals surface area (Å²) in [6.45, 7) is 0. The molecule has 0 aliphatic carbocycles. The second kappa shape index (κ2) is 6.12. The molecule has 21 heavy (non-hydrogen) atoms. The summed E-state index contributed by atoms with van der Waals surface area (Å²) in [4.78, 5) is 0.838. The number of aliphatic hydroxyl groups is 1. The van der Waals surface area contributed by atoms with Crippen LogP contribution < -0.4 is 4.74 Å². The van der Waals surface area contributed by atoms with Gasteiger partial charge in [0.25, 0.3) is 0 Å². The predicted octanol–water partition coefficient (Wildman–Crippen LogP) is 4.51. The molecule has 2 nitrogen and oxygen atoms in total. The van der Waals surface area contributed by atoms with Gasteiger partial charge in [-0.05, 0) is 28.1 Å². The molecule has 0 amide bonds. The Morgan fingerprint density at radius 1 is 0.905 bits per heavy atom. The van der Waals surface area contributed by atoms with Crippen LogP contribution in [0, 0.1) is 0 Å². The lowest BCUT2D eigenvalue weighted by Gasteiger charge is -2.12. The fourth-order valence-corrected chi connectivity index (χ4v) is 3.19. The molecule has 0 aliphatic heterocycles. The lowest BCUT2D eigenvalue weighted by molar-refractivity contribution is 0.219. The highest BCUT2D eigenvalue weighted by atomic mass is 32.1. The number of hydrogen-bond donors (Lipinski definition) is 1. The first kappa shape index (κ1) is 13.9. The maximum atomic E-state index is 10.5. The SMILES string of the molecule is COc1ccsc1C(O)c1ccc(-c2ccccc2)cc1. The van der Waals surface area contributed by atoms with Gasteiger partial charge in [-0.25, -0.2) is 0 Å². The Labute approximate surface area is 128 Å². The lowest BCUT2D eigenvalue weighted by Crippen LogP contribution is -1.99. The van der Waals surface area contributed by atoms with Crippen molar-refractivity contribution in [1.29, 1.82) is 0 Å². The molecule has 2 aromatic carbocycles. The molecule has 0 aliphatic rings. The Kier molecular flexibility index (Phi) is 4.04. The van der Waals surface area contributed by atoms with Crippen LogP contribution in [0.5, 0.6) is 5.75 Å². The number of methoxy groups -OCH3 is 1. The maximum absolute atomic E-state index is 10.5. The summed E-state index contributed by atoms with van der Waals surface area (Å²) in [7, 11) is 1.62. The van der Waals surface area contributed by atoms with Crippen molar-refractivity contribution < 1.29 is 9.84 Å². The quantitative estimate of drug-likeness (QED) is 0.768. The van der Waals surface area contributed by atoms with E-state index in [1.807, 2.05) is 53.9 Å². The number of rotatable bonds is 4. The minimum absolute atomic E-state index is 0.648. The van der Waals surface area contributed by atoms with Crippen LogP contribution in [-0.4, -0.2) is 12.2 Å². The molecule has 3 rings (SSSR count). The van der Waals surface area contributed by atoms with Crippen molar-refractivity contribution >= 4 is 11.3 Å². The van der Waals surface area contributed by atoms with Crippen LogP contribution in [0.15, 0.2) is 66.0 Å². The number of ether oxygens (including phenoxy) is 1. The van der Waals surface area contributed by atoms with Crippen molar-refractivity contribution in [3.05, 3.63) is 76.5 Å². The van der Waals surface area contributed by atoms with E-state index in [4.69, 9.17) is 4.74 Å². The number of hydrogen-bond acceptors (Lipinski definition) is 3. The Morgan fingerprint density at radius 2 is 1.57 bits per heavy atom. The molecule has 0 fully saturated rings. The second-order valence-electron chi connectivity index (χ2n) is 4.74. The molecule has 106 valence electrons. The molecule has 0 saturated heterocycles. The lowest BCUT2D eigenvalue weighted by atomic mass is 10.0. The smallest absolute Gasteiger partial charge is 0.135 e. The zero-order valence-electron chi connectivity index (χ0n) is 11.7. The number of thiophene rings is 1.